The van der Waals surface area contributed by atoms with Crippen molar-refractivity contribution >= 4 is 8.32 Å². The van der Waals surface area contributed by atoms with E-state index in [0.29, 0.717) is 19.8 Å². The maximum absolute atomic E-state index is 10.9. The van der Waals surface area contributed by atoms with Gasteiger partial charge in [-0.15, -0.1) is 0 Å². The molecule has 6 heteroatoms. The Kier molecular flexibility index (Phi) is 11.8. The van der Waals surface area contributed by atoms with Crippen LogP contribution in [0.4, 0.5) is 0 Å². The predicted octanol–water partition coefficient (Wildman–Crippen LogP) is 5.81. The van der Waals surface area contributed by atoms with E-state index in [1.54, 1.807) is 7.11 Å². The first-order valence-corrected chi connectivity index (χ1v) is 15.0. The van der Waals surface area contributed by atoms with Crippen molar-refractivity contribution in [2.75, 3.05) is 20.3 Å². The summed E-state index contributed by atoms with van der Waals surface area (Å²) >= 11 is 0. The number of hydrogen-bond acceptors (Lipinski definition) is 5. The number of benzene rings is 1. The van der Waals surface area contributed by atoms with Crippen molar-refractivity contribution in [2.45, 2.75) is 85.4 Å². The Labute approximate surface area is 203 Å². The highest BCUT2D eigenvalue weighted by Gasteiger charge is 2.37. The first-order chi connectivity index (χ1) is 15.2. The Bertz CT molecular complexity index is 723. The van der Waals surface area contributed by atoms with Gasteiger partial charge in [-0.1, -0.05) is 59.8 Å². The molecule has 1 aromatic rings. The summed E-state index contributed by atoms with van der Waals surface area (Å²) in [4.78, 5) is 0. The second-order valence-electron chi connectivity index (χ2n) is 11.1. The summed E-state index contributed by atoms with van der Waals surface area (Å²) in [7, 11) is -0.151. The number of hydrogen-bond donors (Lipinski definition) is 2. The molecule has 0 amide bonds. The summed E-state index contributed by atoms with van der Waals surface area (Å²) in [5, 5.41) is 21.8. The third-order valence-electron chi connectivity index (χ3n) is 6.96. The fourth-order valence-electron chi connectivity index (χ4n) is 3.45. The number of rotatable bonds is 13. The highest BCUT2D eigenvalue weighted by Crippen LogP contribution is 2.37. The Morgan fingerprint density at radius 2 is 1.61 bits per heavy atom. The van der Waals surface area contributed by atoms with Crippen molar-refractivity contribution in [1.82, 2.24) is 0 Å². The second-order valence-corrected chi connectivity index (χ2v) is 15.9. The van der Waals surface area contributed by atoms with Crippen molar-refractivity contribution in [2.24, 2.45) is 17.8 Å². The van der Waals surface area contributed by atoms with E-state index in [0.717, 1.165) is 16.9 Å². The fourth-order valence-corrected chi connectivity index (χ4v) is 4.57. The summed E-state index contributed by atoms with van der Waals surface area (Å²) in [5.74, 6) is 0.618. The Morgan fingerprint density at radius 1 is 1.03 bits per heavy atom. The van der Waals surface area contributed by atoms with Crippen molar-refractivity contribution in [3.8, 4) is 5.75 Å². The van der Waals surface area contributed by atoms with Gasteiger partial charge in [0.25, 0.3) is 0 Å². The molecule has 0 radical (unpaired) electrons. The van der Waals surface area contributed by atoms with Crippen molar-refractivity contribution < 1.29 is 24.1 Å². The third kappa shape index (κ3) is 9.53. The van der Waals surface area contributed by atoms with Crippen LogP contribution in [0.25, 0.3) is 0 Å². The van der Waals surface area contributed by atoms with Gasteiger partial charge < -0.3 is 24.1 Å². The zero-order valence-corrected chi connectivity index (χ0v) is 23.5. The molecule has 0 saturated carbocycles. The van der Waals surface area contributed by atoms with E-state index in [1.807, 2.05) is 45.0 Å². The van der Waals surface area contributed by atoms with E-state index in [4.69, 9.17) is 13.9 Å². The molecular formula is C27H48O5Si. The van der Waals surface area contributed by atoms with Crippen LogP contribution in [0, 0.1) is 17.8 Å². The lowest BCUT2D eigenvalue weighted by molar-refractivity contribution is -0.0255. The van der Waals surface area contributed by atoms with Crippen LogP contribution in [0.3, 0.4) is 0 Å². The van der Waals surface area contributed by atoms with E-state index in [9.17, 15) is 10.2 Å². The summed E-state index contributed by atoms with van der Waals surface area (Å²) in [5.41, 5.74) is 1.93. The van der Waals surface area contributed by atoms with E-state index >= 15 is 0 Å². The molecule has 0 fully saturated rings. The van der Waals surface area contributed by atoms with Crippen LogP contribution in [0.2, 0.25) is 18.1 Å². The molecular weight excluding hydrogens is 432 g/mol. The van der Waals surface area contributed by atoms with Gasteiger partial charge in [0.05, 0.1) is 32.5 Å². The van der Waals surface area contributed by atoms with Crippen LogP contribution >= 0.6 is 0 Å². The zero-order valence-electron chi connectivity index (χ0n) is 22.5. The fraction of sp³-hybridized carbons (Fsp3) is 0.704. The normalized spacial score (nSPS) is 17.9. The molecule has 0 aliphatic carbocycles. The van der Waals surface area contributed by atoms with Crippen LogP contribution in [0.15, 0.2) is 35.9 Å². The van der Waals surface area contributed by atoms with Gasteiger partial charge >= 0.3 is 0 Å². The Morgan fingerprint density at radius 3 is 2.12 bits per heavy atom. The maximum Gasteiger partial charge on any atom is 0.192 e. The number of methoxy groups -OCH3 is 1. The van der Waals surface area contributed by atoms with Gasteiger partial charge in [0.2, 0.25) is 0 Å². The lowest BCUT2D eigenvalue weighted by Gasteiger charge is -2.37. The van der Waals surface area contributed by atoms with E-state index in [1.165, 1.54) is 0 Å². The highest BCUT2D eigenvalue weighted by atomic mass is 28.4. The van der Waals surface area contributed by atoms with Crippen LogP contribution in [-0.2, 0) is 15.8 Å². The molecule has 0 saturated heterocycles. The lowest BCUT2D eigenvalue weighted by atomic mass is 9.86. The van der Waals surface area contributed by atoms with E-state index < -0.39 is 20.5 Å². The maximum atomic E-state index is 10.9. The van der Waals surface area contributed by atoms with Crippen LogP contribution in [0.5, 0.6) is 5.75 Å². The largest absolute Gasteiger partial charge is 0.497 e. The molecule has 1 rings (SSSR count). The molecule has 33 heavy (non-hydrogen) atoms. The first-order valence-electron chi connectivity index (χ1n) is 12.1. The van der Waals surface area contributed by atoms with Gasteiger partial charge in [-0.05, 0) is 54.2 Å². The smallest absolute Gasteiger partial charge is 0.192 e. The second kappa shape index (κ2) is 13.1. The quantitative estimate of drug-likeness (QED) is 0.275. The zero-order chi connectivity index (χ0) is 25.4. The van der Waals surface area contributed by atoms with Crippen LogP contribution < -0.4 is 4.74 Å². The van der Waals surface area contributed by atoms with E-state index in [-0.39, 0.29) is 22.8 Å². The molecule has 0 unspecified atom stereocenters. The van der Waals surface area contributed by atoms with E-state index in [2.05, 4.69) is 46.9 Å². The van der Waals surface area contributed by atoms with Crippen molar-refractivity contribution in [3.05, 3.63) is 41.5 Å². The predicted molar refractivity (Wildman–Crippen MR) is 139 cm³/mol. The van der Waals surface area contributed by atoms with Crippen LogP contribution in [-0.4, -0.2) is 51.1 Å². The summed E-state index contributed by atoms with van der Waals surface area (Å²) in [6, 6.07) is 7.75. The third-order valence-corrected chi connectivity index (χ3v) is 11.5. The minimum Gasteiger partial charge on any atom is -0.497 e. The molecule has 0 heterocycles. The molecule has 2 N–H and O–H groups in total. The minimum atomic E-state index is -1.79. The van der Waals surface area contributed by atoms with Crippen LogP contribution in [0.1, 0.15) is 54.0 Å². The molecule has 0 spiro atoms. The molecule has 0 aromatic heterocycles. The molecule has 0 aliphatic rings. The van der Waals surface area contributed by atoms with Gasteiger partial charge in [0.1, 0.15) is 5.75 Å². The SMILES string of the molecule is COc1ccc(COC[C@H](C)[C@H](O)[C@@H](C)[C@@H](O)/C(C)=C/[C@@H](C)CO[Si](C)(C)C(C)(C)C)cc1. The molecule has 5 atom stereocenters. The lowest BCUT2D eigenvalue weighted by Crippen LogP contribution is -2.41. The summed E-state index contributed by atoms with van der Waals surface area (Å²) in [6.07, 6.45) is 0.698. The Balaban J connectivity index is 2.55. The highest BCUT2D eigenvalue weighted by molar-refractivity contribution is 6.74. The van der Waals surface area contributed by atoms with Gasteiger partial charge in [0, 0.05) is 18.4 Å². The minimum absolute atomic E-state index is 0.0972. The number of ether oxygens (including phenoxy) is 2. The van der Waals surface area contributed by atoms with Gasteiger partial charge in [-0.3, -0.25) is 0 Å². The molecule has 0 aliphatic heterocycles. The molecule has 190 valence electrons. The monoisotopic (exact) mass is 480 g/mol. The summed E-state index contributed by atoms with van der Waals surface area (Å²) < 4.78 is 17.3. The molecule has 1 aromatic carbocycles. The average Bonchev–Trinajstić information content (AvgIpc) is 2.75. The van der Waals surface area contributed by atoms with Gasteiger partial charge in [-0.25, -0.2) is 0 Å². The first kappa shape index (κ1) is 29.8. The molecule has 5 nitrogen and oxygen atoms in total. The van der Waals surface area contributed by atoms with Gasteiger partial charge in [0.15, 0.2) is 8.32 Å². The van der Waals surface area contributed by atoms with Gasteiger partial charge in [-0.2, -0.15) is 0 Å². The molecule has 0 bridgehead atoms. The number of aliphatic hydroxyl groups is 2. The Hall–Kier alpha value is -1.18. The topological polar surface area (TPSA) is 68.2 Å². The summed E-state index contributed by atoms with van der Waals surface area (Å²) in [6.45, 7) is 20.6. The standard InChI is InChI=1S/C27H48O5Si/c1-19(16-32-33(9,10)27(5,6)7)15-20(2)25(28)22(4)26(29)21(3)17-31-18-23-11-13-24(30-8)14-12-23/h11-15,19,21-22,25-26,28-29H,16-18H2,1-10H3/b20-15+/t19-,21+,22+,25+,26+/m1/s1. The average molecular weight is 481 g/mol. The van der Waals surface area contributed by atoms with Crippen molar-refractivity contribution in [1.29, 1.82) is 0 Å². The van der Waals surface area contributed by atoms with Crippen molar-refractivity contribution in [3.63, 3.8) is 0 Å². The number of aliphatic hydroxyl groups excluding tert-OH is 2.